The quantitative estimate of drug-likeness (QED) is 0.339. The third-order valence-corrected chi connectivity index (χ3v) is 4.00. The third-order valence-electron chi connectivity index (χ3n) is 3.67. The van der Waals surface area contributed by atoms with Crippen molar-refractivity contribution in [2.75, 3.05) is 18.5 Å². The summed E-state index contributed by atoms with van der Waals surface area (Å²) in [6.07, 6.45) is 1.33. The van der Waals surface area contributed by atoms with E-state index < -0.39 is 11.8 Å². The van der Waals surface area contributed by atoms with E-state index in [1.54, 1.807) is 48.5 Å². The van der Waals surface area contributed by atoms with Gasteiger partial charge in [0.05, 0.1) is 16.9 Å². The molecule has 3 N–H and O–H groups in total. The summed E-state index contributed by atoms with van der Waals surface area (Å²) >= 11 is 6.01. The summed E-state index contributed by atoms with van der Waals surface area (Å²) in [7, 11) is 0. The van der Waals surface area contributed by atoms with E-state index in [2.05, 4.69) is 21.2 Å². The Bertz CT molecular complexity index is 931. The van der Waals surface area contributed by atoms with Crippen LogP contribution in [0.25, 0.3) is 0 Å². The maximum Gasteiger partial charge on any atom is 0.329 e. The van der Waals surface area contributed by atoms with Gasteiger partial charge in [0.2, 0.25) is 0 Å². The summed E-state index contributed by atoms with van der Waals surface area (Å²) in [6.45, 7) is 3.98. The van der Waals surface area contributed by atoms with Gasteiger partial charge in [-0.05, 0) is 30.2 Å². The van der Waals surface area contributed by atoms with Gasteiger partial charge in [0.1, 0.15) is 5.75 Å². The lowest BCUT2D eigenvalue weighted by Crippen LogP contribution is -2.39. The summed E-state index contributed by atoms with van der Waals surface area (Å²) in [5.74, 6) is -1.41. The molecule has 9 heteroatoms. The first-order valence-electron chi connectivity index (χ1n) is 9.24. The molecule has 0 saturated carbocycles. The number of anilines is 1. The number of hydrogen-bond acceptors (Lipinski definition) is 5. The van der Waals surface area contributed by atoms with E-state index in [0.717, 1.165) is 0 Å². The molecular formula is C21H23ClN4O4. The molecule has 0 spiro atoms. The first kappa shape index (κ1) is 22.9. The van der Waals surface area contributed by atoms with Crippen LogP contribution in [0.2, 0.25) is 5.02 Å². The highest BCUT2D eigenvalue weighted by molar-refractivity contribution is 6.35. The van der Waals surface area contributed by atoms with E-state index in [1.807, 2.05) is 13.8 Å². The van der Waals surface area contributed by atoms with Crippen molar-refractivity contribution in [3.05, 3.63) is 59.1 Å². The number of nitrogens with one attached hydrogen (secondary N) is 3. The molecule has 8 nitrogen and oxygen atoms in total. The highest BCUT2D eigenvalue weighted by atomic mass is 35.5. The van der Waals surface area contributed by atoms with Crippen LogP contribution >= 0.6 is 11.6 Å². The van der Waals surface area contributed by atoms with Gasteiger partial charge in [-0.2, -0.15) is 5.10 Å². The van der Waals surface area contributed by atoms with Crippen molar-refractivity contribution in [1.82, 2.24) is 10.7 Å². The number of benzene rings is 2. The van der Waals surface area contributed by atoms with Crippen molar-refractivity contribution < 1.29 is 19.1 Å². The standard InChI is InChI=1S/C21H23ClN4O4/c1-14(2)11-23-20(28)21(29)26-24-12-15-7-3-6-10-18(15)30-13-19(27)25-17-9-5-4-8-16(17)22/h3-10,12,14H,11,13H2,1-2H3,(H,23,28)(H,25,27)(H,26,29)/b24-12-. The van der Waals surface area contributed by atoms with E-state index in [0.29, 0.717) is 28.6 Å². The van der Waals surface area contributed by atoms with Crippen LogP contribution in [-0.2, 0) is 14.4 Å². The lowest BCUT2D eigenvalue weighted by Gasteiger charge is -2.10. The van der Waals surface area contributed by atoms with Crippen molar-refractivity contribution in [3.63, 3.8) is 0 Å². The van der Waals surface area contributed by atoms with Crippen LogP contribution in [0.5, 0.6) is 5.75 Å². The Labute approximate surface area is 179 Å². The first-order chi connectivity index (χ1) is 14.4. The van der Waals surface area contributed by atoms with E-state index in [-0.39, 0.29) is 18.4 Å². The number of ether oxygens (including phenoxy) is 1. The van der Waals surface area contributed by atoms with Crippen LogP contribution in [-0.4, -0.2) is 37.1 Å². The number of carbonyl (C=O) groups is 3. The van der Waals surface area contributed by atoms with Gasteiger partial charge in [-0.3, -0.25) is 14.4 Å². The number of rotatable bonds is 8. The molecule has 2 aromatic carbocycles. The number of amides is 3. The average molecular weight is 431 g/mol. The topological polar surface area (TPSA) is 109 Å². The second-order valence-corrected chi connectivity index (χ2v) is 7.06. The minimum absolute atomic E-state index is 0.226. The van der Waals surface area contributed by atoms with E-state index in [4.69, 9.17) is 16.3 Å². The molecule has 0 saturated heterocycles. The lowest BCUT2D eigenvalue weighted by molar-refractivity contribution is -0.139. The van der Waals surface area contributed by atoms with Crippen molar-refractivity contribution in [2.45, 2.75) is 13.8 Å². The zero-order chi connectivity index (χ0) is 21.9. The average Bonchev–Trinajstić information content (AvgIpc) is 2.72. The minimum Gasteiger partial charge on any atom is -0.483 e. The Morgan fingerprint density at radius 3 is 2.50 bits per heavy atom. The van der Waals surface area contributed by atoms with E-state index in [1.165, 1.54) is 6.21 Å². The number of hydrazone groups is 1. The number of carbonyl (C=O) groups excluding carboxylic acids is 3. The van der Waals surface area contributed by atoms with Gasteiger partial charge < -0.3 is 15.4 Å². The molecule has 0 aliphatic heterocycles. The Hall–Kier alpha value is -3.39. The van der Waals surface area contributed by atoms with Gasteiger partial charge in [0.15, 0.2) is 6.61 Å². The first-order valence-corrected chi connectivity index (χ1v) is 9.62. The van der Waals surface area contributed by atoms with Crippen molar-refractivity contribution >= 4 is 41.2 Å². The molecule has 0 fully saturated rings. The Kier molecular flexibility index (Phi) is 8.83. The number of halogens is 1. The fraction of sp³-hybridized carbons (Fsp3) is 0.238. The molecule has 30 heavy (non-hydrogen) atoms. The fourth-order valence-corrected chi connectivity index (χ4v) is 2.38. The molecule has 0 atom stereocenters. The number of para-hydroxylation sites is 2. The monoisotopic (exact) mass is 430 g/mol. The van der Waals surface area contributed by atoms with Gasteiger partial charge in [0, 0.05) is 12.1 Å². The predicted molar refractivity (Wildman–Crippen MR) is 116 cm³/mol. The van der Waals surface area contributed by atoms with Gasteiger partial charge >= 0.3 is 11.8 Å². The Morgan fingerprint density at radius 1 is 1.07 bits per heavy atom. The van der Waals surface area contributed by atoms with Gasteiger partial charge in [-0.1, -0.05) is 49.7 Å². The normalized spacial score (nSPS) is 10.7. The number of nitrogens with zero attached hydrogens (tertiary/aromatic N) is 1. The highest BCUT2D eigenvalue weighted by Crippen LogP contribution is 2.20. The summed E-state index contributed by atoms with van der Waals surface area (Å²) in [5, 5.41) is 9.35. The summed E-state index contributed by atoms with van der Waals surface area (Å²) in [6, 6.07) is 13.7. The van der Waals surface area contributed by atoms with Gasteiger partial charge in [0.25, 0.3) is 5.91 Å². The van der Waals surface area contributed by atoms with Crippen molar-refractivity contribution in [1.29, 1.82) is 0 Å². The molecule has 0 heterocycles. The molecule has 0 aliphatic carbocycles. The summed E-state index contributed by atoms with van der Waals surface area (Å²) in [5.41, 5.74) is 3.16. The van der Waals surface area contributed by atoms with Crippen molar-refractivity contribution in [3.8, 4) is 5.75 Å². The molecule has 158 valence electrons. The zero-order valence-electron chi connectivity index (χ0n) is 16.6. The van der Waals surface area contributed by atoms with Crippen LogP contribution in [0.3, 0.4) is 0 Å². The van der Waals surface area contributed by atoms with Crippen LogP contribution in [0.1, 0.15) is 19.4 Å². The minimum atomic E-state index is -0.871. The Balaban J connectivity index is 1.90. The van der Waals surface area contributed by atoms with Crippen LogP contribution < -0.4 is 20.8 Å². The summed E-state index contributed by atoms with van der Waals surface area (Å²) in [4.78, 5) is 35.5. The zero-order valence-corrected chi connectivity index (χ0v) is 17.4. The highest BCUT2D eigenvalue weighted by Gasteiger charge is 2.12. The SMILES string of the molecule is CC(C)CNC(=O)C(=O)N/N=C\c1ccccc1OCC(=O)Nc1ccccc1Cl. The van der Waals surface area contributed by atoms with Gasteiger partial charge in [-0.15, -0.1) is 0 Å². The predicted octanol–water partition coefficient (Wildman–Crippen LogP) is 2.58. The van der Waals surface area contributed by atoms with Crippen LogP contribution in [0.15, 0.2) is 53.6 Å². The molecule has 2 aromatic rings. The van der Waals surface area contributed by atoms with E-state index >= 15 is 0 Å². The molecule has 0 aromatic heterocycles. The fourth-order valence-electron chi connectivity index (χ4n) is 2.20. The molecule has 0 radical (unpaired) electrons. The van der Waals surface area contributed by atoms with Crippen LogP contribution in [0.4, 0.5) is 5.69 Å². The third kappa shape index (κ3) is 7.56. The lowest BCUT2D eigenvalue weighted by atomic mass is 10.2. The molecule has 2 rings (SSSR count). The Morgan fingerprint density at radius 2 is 1.77 bits per heavy atom. The molecule has 0 bridgehead atoms. The van der Waals surface area contributed by atoms with Crippen molar-refractivity contribution in [2.24, 2.45) is 11.0 Å². The molecule has 0 unspecified atom stereocenters. The number of hydrogen-bond donors (Lipinski definition) is 3. The summed E-state index contributed by atoms with van der Waals surface area (Å²) < 4.78 is 5.54. The molecule has 3 amide bonds. The second kappa shape index (κ2) is 11.6. The van der Waals surface area contributed by atoms with E-state index in [9.17, 15) is 14.4 Å². The maximum atomic E-state index is 12.1. The largest absolute Gasteiger partial charge is 0.483 e. The molecular weight excluding hydrogens is 408 g/mol. The second-order valence-electron chi connectivity index (χ2n) is 6.66. The smallest absolute Gasteiger partial charge is 0.329 e. The van der Waals surface area contributed by atoms with Crippen LogP contribution in [0, 0.1) is 5.92 Å². The van der Waals surface area contributed by atoms with Gasteiger partial charge in [-0.25, -0.2) is 5.43 Å². The maximum absolute atomic E-state index is 12.1. The molecule has 0 aliphatic rings.